The molecule has 1 saturated carbocycles. The van der Waals surface area contributed by atoms with Gasteiger partial charge in [0.1, 0.15) is 24.2 Å². The molecule has 2 saturated heterocycles. The first kappa shape index (κ1) is 38.1. The van der Waals surface area contributed by atoms with Crippen LogP contribution in [-0.2, 0) is 35.2 Å². The Morgan fingerprint density at radius 2 is 1.58 bits per heavy atom. The third kappa shape index (κ3) is 9.92. The van der Waals surface area contributed by atoms with Crippen molar-refractivity contribution in [1.29, 1.82) is 0 Å². The van der Waals surface area contributed by atoms with Gasteiger partial charge in [-0.15, -0.1) is 0 Å². The quantitative estimate of drug-likeness (QED) is 0.0600. The van der Waals surface area contributed by atoms with Crippen LogP contribution in [0.5, 0.6) is 0 Å². The second kappa shape index (κ2) is 17.8. The topological polar surface area (TPSA) is 275 Å². The van der Waals surface area contributed by atoms with Gasteiger partial charge in [0.15, 0.2) is 5.96 Å². The summed E-state index contributed by atoms with van der Waals surface area (Å²) >= 11 is 0. The number of carbonyl (C=O) groups excluding carboxylic acids is 6. The van der Waals surface area contributed by atoms with Crippen LogP contribution in [0.15, 0.2) is 35.3 Å². The Labute approximate surface area is 292 Å². The molecular formula is C34H52N10O6. The van der Waals surface area contributed by atoms with Crippen LogP contribution in [0.4, 0.5) is 0 Å². The lowest BCUT2D eigenvalue weighted by molar-refractivity contribution is -0.149. The molecule has 1 aromatic carbocycles. The van der Waals surface area contributed by atoms with Crippen LogP contribution in [0.1, 0.15) is 76.2 Å². The fraction of sp³-hybridized carbons (Fsp3) is 0.618. The van der Waals surface area contributed by atoms with E-state index in [9.17, 15) is 28.8 Å². The molecule has 1 aliphatic carbocycles. The Kier molecular flexibility index (Phi) is 13.5. The van der Waals surface area contributed by atoms with Gasteiger partial charge in [-0.05, 0) is 62.8 Å². The second-order valence-electron chi connectivity index (χ2n) is 13.6. The number of benzene rings is 1. The van der Waals surface area contributed by atoms with E-state index in [1.165, 1.54) is 4.90 Å². The van der Waals surface area contributed by atoms with E-state index in [0.29, 0.717) is 45.2 Å². The van der Waals surface area contributed by atoms with Crippen LogP contribution in [0, 0.1) is 5.92 Å². The SMILES string of the molecule is NC(=O)CC[C@@H](NC(=O)[C@@H]1CCCN1C(=O)[C@@H]1C[C@@H]2CCCC[C@@H]2N1C(=O)[C@H](N)CCCN=C(N)N)C(=O)N[C@@H](Cc1ccccc1)C(N)=O. The number of hydrogen-bond acceptors (Lipinski definition) is 8. The minimum atomic E-state index is -1.23. The van der Waals surface area contributed by atoms with Crippen molar-refractivity contribution in [2.24, 2.45) is 39.6 Å². The van der Waals surface area contributed by atoms with Gasteiger partial charge in [0, 0.05) is 32.0 Å². The van der Waals surface area contributed by atoms with Gasteiger partial charge in [0.2, 0.25) is 35.4 Å². The van der Waals surface area contributed by atoms with Crippen LogP contribution in [0.3, 0.4) is 0 Å². The average molecular weight is 697 g/mol. The van der Waals surface area contributed by atoms with Crippen LogP contribution < -0.4 is 39.3 Å². The molecular weight excluding hydrogens is 644 g/mol. The number of likely N-dealkylation sites (tertiary alicyclic amines) is 2. The number of guanidine groups is 1. The van der Waals surface area contributed by atoms with E-state index in [1.807, 2.05) is 6.07 Å². The van der Waals surface area contributed by atoms with E-state index in [0.717, 1.165) is 31.2 Å². The van der Waals surface area contributed by atoms with Gasteiger partial charge < -0.3 is 49.1 Å². The predicted octanol–water partition coefficient (Wildman–Crippen LogP) is -1.52. The molecule has 16 nitrogen and oxygen atoms in total. The van der Waals surface area contributed by atoms with Gasteiger partial charge in [0.25, 0.3) is 0 Å². The van der Waals surface area contributed by atoms with Gasteiger partial charge in [0.05, 0.1) is 6.04 Å². The number of aliphatic imine (C=N–C) groups is 1. The zero-order chi connectivity index (χ0) is 36.4. The fourth-order valence-corrected chi connectivity index (χ4v) is 7.49. The van der Waals surface area contributed by atoms with Crippen molar-refractivity contribution in [2.45, 2.75) is 113 Å². The number of primary amides is 2. The van der Waals surface area contributed by atoms with Gasteiger partial charge in [-0.1, -0.05) is 43.2 Å². The molecule has 0 spiro atoms. The van der Waals surface area contributed by atoms with Crippen molar-refractivity contribution in [2.75, 3.05) is 13.1 Å². The molecule has 3 aliphatic rings. The third-order valence-electron chi connectivity index (χ3n) is 10.0. The van der Waals surface area contributed by atoms with E-state index in [4.69, 9.17) is 28.7 Å². The Morgan fingerprint density at radius 3 is 2.26 bits per heavy atom. The van der Waals surface area contributed by atoms with Crippen LogP contribution in [0.25, 0.3) is 0 Å². The molecule has 16 heteroatoms. The molecule has 2 aliphatic heterocycles. The highest BCUT2D eigenvalue weighted by Crippen LogP contribution is 2.41. The van der Waals surface area contributed by atoms with Gasteiger partial charge in [-0.25, -0.2) is 0 Å². The van der Waals surface area contributed by atoms with Crippen molar-refractivity contribution in [3.63, 3.8) is 0 Å². The molecule has 0 bridgehead atoms. The zero-order valence-electron chi connectivity index (χ0n) is 28.5. The van der Waals surface area contributed by atoms with Crippen molar-refractivity contribution < 1.29 is 28.8 Å². The maximum absolute atomic E-state index is 14.3. The van der Waals surface area contributed by atoms with E-state index >= 15 is 0 Å². The summed E-state index contributed by atoms with van der Waals surface area (Å²) < 4.78 is 0. The molecule has 1 aromatic rings. The lowest BCUT2D eigenvalue weighted by Gasteiger charge is -2.37. The molecule has 0 aromatic heterocycles. The second-order valence-corrected chi connectivity index (χ2v) is 13.6. The lowest BCUT2D eigenvalue weighted by Crippen LogP contribution is -2.59. The molecule has 3 fully saturated rings. The molecule has 0 unspecified atom stereocenters. The largest absolute Gasteiger partial charge is 0.370 e. The normalized spacial score (nSPS) is 23.2. The first-order chi connectivity index (χ1) is 23.9. The molecule has 12 N–H and O–H groups in total. The van der Waals surface area contributed by atoms with E-state index in [2.05, 4.69) is 15.6 Å². The molecule has 0 radical (unpaired) electrons. The Bertz CT molecular complexity index is 1420. The molecule has 6 amide bonds. The number of nitrogens with two attached hydrogens (primary N) is 5. The van der Waals surface area contributed by atoms with E-state index in [1.54, 1.807) is 29.2 Å². The van der Waals surface area contributed by atoms with Crippen molar-refractivity contribution in [1.82, 2.24) is 20.4 Å². The summed E-state index contributed by atoms with van der Waals surface area (Å²) in [6, 6.07) is 4.05. The first-order valence-electron chi connectivity index (χ1n) is 17.5. The highest BCUT2D eigenvalue weighted by molar-refractivity contribution is 5.96. The summed E-state index contributed by atoms with van der Waals surface area (Å²) in [4.78, 5) is 86.4. The van der Waals surface area contributed by atoms with E-state index < -0.39 is 53.8 Å². The number of amides is 6. The van der Waals surface area contributed by atoms with Crippen molar-refractivity contribution in [3.8, 4) is 0 Å². The average Bonchev–Trinajstić information content (AvgIpc) is 3.73. The van der Waals surface area contributed by atoms with Crippen LogP contribution >= 0.6 is 0 Å². The maximum Gasteiger partial charge on any atom is 0.246 e. The number of rotatable bonds is 16. The number of hydrogen-bond donors (Lipinski definition) is 7. The number of nitrogens with zero attached hydrogens (tertiary/aromatic N) is 3. The summed E-state index contributed by atoms with van der Waals surface area (Å²) in [5, 5.41) is 5.31. The maximum atomic E-state index is 14.3. The summed E-state index contributed by atoms with van der Waals surface area (Å²) in [6.07, 6.45) is 5.64. The molecule has 50 heavy (non-hydrogen) atoms. The Balaban J connectivity index is 1.47. The van der Waals surface area contributed by atoms with Gasteiger partial charge in [-0.2, -0.15) is 0 Å². The lowest BCUT2D eigenvalue weighted by atomic mass is 9.84. The Morgan fingerprint density at radius 1 is 0.860 bits per heavy atom. The van der Waals surface area contributed by atoms with Crippen LogP contribution in [-0.4, -0.2) is 101 Å². The summed E-state index contributed by atoms with van der Waals surface area (Å²) in [6.45, 7) is 0.630. The molecule has 4 rings (SSSR count). The number of carbonyl (C=O) groups is 6. The highest BCUT2D eigenvalue weighted by atomic mass is 16.2. The third-order valence-corrected chi connectivity index (χ3v) is 10.0. The van der Waals surface area contributed by atoms with E-state index in [-0.39, 0.29) is 49.0 Å². The monoisotopic (exact) mass is 696 g/mol. The number of nitrogens with one attached hydrogen (secondary N) is 2. The minimum absolute atomic E-state index is 0.0397. The van der Waals surface area contributed by atoms with Crippen LogP contribution in [0.2, 0.25) is 0 Å². The van der Waals surface area contributed by atoms with Gasteiger partial charge in [-0.3, -0.25) is 33.8 Å². The van der Waals surface area contributed by atoms with Crippen molar-refractivity contribution >= 4 is 41.4 Å². The summed E-state index contributed by atoms with van der Waals surface area (Å²) in [7, 11) is 0. The molecule has 7 atom stereocenters. The minimum Gasteiger partial charge on any atom is -0.370 e. The first-order valence-corrected chi connectivity index (χ1v) is 17.5. The van der Waals surface area contributed by atoms with Gasteiger partial charge >= 0.3 is 0 Å². The highest BCUT2D eigenvalue weighted by Gasteiger charge is 2.51. The Hall–Kier alpha value is -4.73. The molecule has 274 valence electrons. The standard InChI is InChI=1S/C34H52N10O6/c35-22(11-6-16-40-34(38)39)32(49)44-25-12-5-4-10-21(25)19-27(44)33(50)43-17-7-13-26(43)31(48)41-23(14-15-28(36)45)30(47)42-24(29(37)46)18-20-8-2-1-3-9-20/h1-3,8-9,21-27H,4-7,10-19,35H2,(H2,36,45)(H2,37,46)(H,41,48)(H,42,47)(H4,38,39,40)/t21-,22+,23+,24-,25-,26-,27-/m0/s1. The zero-order valence-corrected chi connectivity index (χ0v) is 28.5. The van der Waals surface area contributed by atoms with Crippen molar-refractivity contribution in [3.05, 3.63) is 35.9 Å². The number of fused-ring (bicyclic) bond motifs is 1. The fourth-order valence-electron chi connectivity index (χ4n) is 7.49. The summed E-state index contributed by atoms with van der Waals surface area (Å²) in [5.74, 6) is -3.24. The smallest absolute Gasteiger partial charge is 0.246 e. The predicted molar refractivity (Wildman–Crippen MR) is 185 cm³/mol. The summed E-state index contributed by atoms with van der Waals surface area (Å²) in [5.41, 5.74) is 28.9. The molecule has 2 heterocycles.